The van der Waals surface area contributed by atoms with Gasteiger partial charge in [0.1, 0.15) is 12.2 Å². The van der Waals surface area contributed by atoms with Crippen LogP contribution >= 0.6 is 0 Å². The Balaban J connectivity index is 2.53. The zero-order chi connectivity index (χ0) is 9.42. The van der Waals surface area contributed by atoms with E-state index >= 15 is 0 Å². The van der Waals surface area contributed by atoms with E-state index in [9.17, 15) is 0 Å². The van der Waals surface area contributed by atoms with Crippen LogP contribution in [0.25, 0.3) is 0 Å². The fourth-order valence-electron chi connectivity index (χ4n) is 2.13. The normalized spacial score (nSPS) is 16.2. The zero-order valence-electron chi connectivity index (χ0n) is 8.67. The number of rotatable bonds is 1. The molecule has 0 spiro atoms. The number of aromatic nitrogens is 1. The number of aryl methyl sites for hydroxylation is 1. The number of nitrogens with zero attached hydrogens (tertiary/aromatic N) is 2. The predicted octanol–water partition coefficient (Wildman–Crippen LogP) is 1.65. The summed E-state index contributed by atoms with van der Waals surface area (Å²) in [4.78, 5) is 0. The summed E-state index contributed by atoms with van der Waals surface area (Å²) in [5, 5.41) is 0. The predicted molar refractivity (Wildman–Crippen MR) is 54.6 cm³/mol. The van der Waals surface area contributed by atoms with E-state index in [4.69, 9.17) is 0 Å². The Morgan fingerprint density at radius 3 is 2.85 bits per heavy atom. The van der Waals surface area contributed by atoms with Crippen LogP contribution in [0.1, 0.15) is 25.2 Å². The summed E-state index contributed by atoms with van der Waals surface area (Å²) in [6.07, 6.45) is 0. The summed E-state index contributed by atoms with van der Waals surface area (Å²) in [6, 6.07) is 4.44. The van der Waals surface area contributed by atoms with Gasteiger partial charge in [0.2, 0.25) is 0 Å². The average Bonchev–Trinajstić information content (AvgIpc) is 2.50. The van der Waals surface area contributed by atoms with Gasteiger partial charge in [-0.25, -0.2) is 4.58 Å². The lowest BCUT2D eigenvalue weighted by Crippen LogP contribution is -2.31. The Bertz CT molecular complexity index is 358. The molecular weight excluding hydrogens is 160 g/mol. The molecule has 0 saturated carbocycles. The average molecular weight is 177 g/mol. The molecule has 0 aliphatic carbocycles. The molecule has 1 aliphatic rings. The number of likely N-dealkylation sites (N-methyl/N-ethyl adjacent to an activating group) is 1. The van der Waals surface area contributed by atoms with Crippen LogP contribution in [0.5, 0.6) is 0 Å². The first-order valence-corrected chi connectivity index (χ1v) is 4.99. The van der Waals surface area contributed by atoms with E-state index in [0.29, 0.717) is 0 Å². The monoisotopic (exact) mass is 177 g/mol. The summed E-state index contributed by atoms with van der Waals surface area (Å²) in [7, 11) is 0. The van der Waals surface area contributed by atoms with E-state index in [0.717, 1.165) is 19.6 Å². The lowest BCUT2D eigenvalue weighted by Gasteiger charge is -2.16. The van der Waals surface area contributed by atoms with Crippen molar-refractivity contribution in [2.24, 2.45) is 0 Å². The van der Waals surface area contributed by atoms with Gasteiger partial charge < -0.3 is 4.57 Å². The molecular formula is C11H17N2+. The summed E-state index contributed by atoms with van der Waals surface area (Å²) >= 11 is 0. The van der Waals surface area contributed by atoms with Crippen LogP contribution < -0.4 is 0 Å². The Kier molecular flexibility index (Phi) is 1.98. The van der Waals surface area contributed by atoms with Gasteiger partial charge in [-0.15, -0.1) is 0 Å². The second kappa shape index (κ2) is 3.02. The van der Waals surface area contributed by atoms with Crippen molar-refractivity contribution >= 4 is 5.71 Å². The van der Waals surface area contributed by atoms with Gasteiger partial charge in [0, 0.05) is 12.6 Å². The van der Waals surface area contributed by atoms with Crippen molar-refractivity contribution in [2.75, 3.05) is 13.1 Å². The van der Waals surface area contributed by atoms with E-state index < -0.39 is 0 Å². The minimum absolute atomic E-state index is 1.12. The SMILES string of the molecule is CC[N+]1=C(C)c2ccc(C)n2CC1. The Morgan fingerprint density at radius 1 is 1.38 bits per heavy atom. The lowest BCUT2D eigenvalue weighted by atomic mass is 10.2. The van der Waals surface area contributed by atoms with Gasteiger partial charge in [-0.05, 0) is 26.0 Å². The molecule has 0 fully saturated rings. The molecule has 2 heteroatoms. The second-order valence-corrected chi connectivity index (χ2v) is 3.68. The Hall–Kier alpha value is -1.05. The first kappa shape index (κ1) is 8.54. The summed E-state index contributed by atoms with van der Waals surface area (Å²) in [6.45, 7) is 10.0. The van der Waals surface area contributed by atoms with Crippen molar-refractivity contribution in [3.8, 4) is 0 Å². The smallest absolute Gasteiger partial charge is 0.196 e. The van der Waals surface area contributed by atoms with Crippen LogP contribution in [0, 0.1) is 6.92 Å². The van der Waals surface area contributed by atoms with Crippen LogP contribution in [-0.2, 0) is 6.54 Å². The zero-order valence-corrected chi connectivity index (χ0v) is 8.67. The molecule has 0 amide bonds. The molecule has 70 valence electrons. The molecule has 0 atom stereocenters. The van der Waals surface area contributed by atoms with Gasteiger partial charge in [-0.1, -0.05) is 0 Å². The van der Waals surface area contributed by atoms with Gasteiger partial charge in [-0.2, -0.15) is 0 Å². The van der Waals surface area contributed by atoms with Gasteiger partial charge >= 0.3 is 0 Å². The van der Waals surface area contributed by atoms with Crippen molar-refractivity contribution in [3.05, 3.63) is 23.5 Å². The lowest BCUT2D eigenvalue weighted by molar-refractivity contribution is -0.528. The van der Waals surface area contributed by atoms with Gasteiger partial charge in [0.05, 0.1) is 6.54 Å². The fourth-order valence-corrected chi connectivity index (χ4v) is 2.13. The van der Waals surface area contributed by atoms with Crippen molar-refractivity contribution < 1.29 is 4.58 Å². The van der Waals surface area contributed by atoms with Crippen LogP contribution in [0.3, 0.4) is 0 Å². The topological polar surface area (TPSA) is 7.94 Å². The van der Waals surface area contributed by atoms with Crippen LogP contribution in [0.4, 0.5) is 0 Å². The maximum Gasteiger partial charge on any atom is 0.196 e. The van der Waals surface area contributed by atoms with E-state index in [-0.39, 0.29) is 0 Å². The molecule has 2 rings (SSSR count). The van der Waals surface area contributed by atoms with Crippen LogP contribution in [0.15, 0.2) is 12.1 Å². The van der Waals surface area contributed by atoms with Gasteiger partial charge in [-0.3, -0.25) is 0 Å². The molecule has 13 heavy (non-hydrogen) atoms. The minimum atomic E-state index is 1.12. The summed E-state index contributed by atoms with van der Waals surface area (Å²) in [5.74, 6) is 0. The van der Waals surface area contributed by atoms with E-state index in [1.165, 1.54) is 17.1 Å². The molecule has 1 aromatic heterocycles. The van der Waals surface area contributed by atoms with Crippen LogP contribution in [0.2, 0.25) is 0 Å². The van der Waals surface area contributed by atoms with Gasteiger partial charge in [0.15, 0.2) is 12.3 Å². The molecule has 0 radical (unpaired) electrons. The molecule has 2 heterocycles. The summed E-state index contributed by atoms with van der Waals surface area (Å²) < 4.78 is 4.84. The van der Waals surface area contributed by atoms with E-state index in [1.807, 2.05) is 0 Å². The largest absolute Gasteiger partial charge is 0.334 e. The highest BCUT2D eigenvalue weighted by Crippen LogP contribution is 2.13. The van der Waals surface area contributed by atoms with Crippen molar-refractivity contribution in [1.82, 2.24) is 4.57 Å². The van der Waals surface area contributed by atoms with Crippen molar-refractivity contribution in [2.45, 2.75) is 27.3 Å². The first-order valence-electron chi connectivity index (χ1n) is 4.99. The maximum absolute atomic E-state index is 2.44. The molecule has 1 aliphatic heterocycles. The molecule has 1 aromatic rings. The molecule has 0 N–H and O–H groups in total. The molecule has 0 saturated heterocycles. The number of hydrogen-bond donors (Lipinski definition) is 0. The van der Waals surface area contributed by atoms with E-state index in [2.05, 4.69) is 42.0 Å². The van der Waals surface area contributed by atoms with Crippen molar-refractivity contribution in [1.29, 1.82) is 0 Å². The van der Waals surface area contributed by atoms with Gasteiger partial charge in [0.25, 0.3) is 0 Å². The highest BCUT2D eigenvalue weighted by Gasteiger charge is 2.21. The van der Waals surface area contributed by atoms with E-state index in [1.54, 1.807) is 0 Å². The summed E-state index contributed by atoms with van der Waals surface area (Å²) in [5.41, 5.74) is 4.19. The third-order valence-corrected chi connectivity index (χ3v) is 3.02. The minimum Gasteiger partial charge on any atom is -0.334 e. The number of hydrogen-bond acceptors (Lipinski definition) is 0. The number of fused-ring (bicyclic) bond motifs is 1. The third kappa shape index (κ3) is 1.21. The standard InChI is InChI=1S/C11H17N2/c1-4-12-7-8-13-9(2)5-6-11(13)10(12)3/h5-6H,4,7-8H2,1-3H3/q+1. The molecule has 0 bridgehead atoms. The Labute approximate surface area is 79.5 Å². The quantitative estimate of drug-likeness (QED) is 0.576. The van der Waals surface area contributed by atoms with Crippen LogP contribution in [-0.4, -0.2) is 27.9 Å². The molecule has 2 nitrogen and oxygen atoms in total. The fraction of sp³-hybridized carbons (Fsp3) is 0.545. The third-order valence-electron chi connectivity index (χ3n) is 3.02. The van der Waals surface area contributed by atoms with Crippen molar-refractivity contribution in [3.63, 3.8) is 0 Å². The highest BCUT2D eigenvalue weighted by atomic mass is 15.1. The second-order valence-electron chi connectivity index (χ2n) is 3.68. The maximum atomic E-state index is 2.44. The molecule has 0 unspecified atom stereocenters. The first-order chi connectivity index (χ1) is 6.24. The highest BCUT2D eigenvalue weighted by molar-refractivity contribution is 5.93. The Morgan fingerprint density at radius 2 is 2.15 bits per heavy atom. The molecule has 0 aromatic carbocycles.